The maximum absolute atomic E-state index is 12.1. The van der Waals surface area contributed by atoms with Crippen LogP contribution in [0.15, 0.2) is 67.3 Å². The fourth-order valence-electron chi connectivity index (χ4n) is 2.69. The van der Waals surface area contributed by atoms with Crippen LogP contribution < -0.4 is 9.47 Å². The van der Waals surface area contributed by atoms with Crippen LogP contribution in [-0.2, 0) is 14.3 Å². The van der Waals surface area contributed by atoms with Gasteiger partial charge >= 0.3 is 11.9 Å². The molecular weight excluding hydrogens is 396 g/mol. The Bertz CT molecular complexity index is 785. The van der Waals surface area contributed by atoms with E-state index in [0.717, 1.165) is 37.5 Å². The van der Waals surface area contributed by atoms with E-state index in [2.05, 4.69) is 6.58 Å². The first-order valence-electron chi connectivity index (χ1n) is 10.6. The minimum absolute atomic E-state index is 0.359. The first-order chi connectivity index (χ1) is 15.2. The Labute approximate surface area is 183 Å². The third-order valence-corrected chi connectivity index (χ3v) is 4.34. The van der Waals surface area contributed by atoms with Crippen LogP contribution >= 0.6 is 0 Å². The number of benzene rings is 2. The van der Waals surface area contributed by atoms with E-state index in [4.69, 9.17) is 18.9 Å². The highest BCUT2D eigenvalue weighted by molar-refractivity contribution is 5.91. The van der Waals surface area contributed by atoms with Gasteiger partial charge in [0.15, 0.2) is 0 Å². The fraction of sp³-hybridized carbons (Fsp3) is 0.360. The van der Waals surface area contributed by atoms with Crippen LogP contribution in [0, 0.1) is 0 Å². The largest absolute Gasteiger partial charge is 0.494 e. The molecule has 0 aromatic heterocycles. The van der Waals surface area contributed by atoms with E-state index >= 15 is 0 Å². The zero-order valence-electron chi connectivity index (χ0n) is 17.8. The van der Waals surface area contributed by atoms with Crippen molar-refractivity contribution in [3.63, 3.8) is 0 Å². The standard InChI is InChI=1S/C25H30O6/c1-2-24(26)30-20-10-18-28-17-8-3-4-9-19-29-22-15-13-21(14-16-22)25(27)31-23-11-6-5-7-12-23/h2,5-7,11-16H,1,3-4,8-10,17-20H2. The number of unbranched alkanes of at least 4 members (excludes halogenated alkanes) is 3. The van der Waals surface area contributed by atoms with Crippen LogP contribution in [0.25, 0.3) is 0 Å². The zero-order chi connectivity index (χ0) is 22.2. The van der Waals surface area contributed by atoms with Crippen LogP contribution in [0.1, 0.15) is 42.5 Å². The van der Waals surface area contributed by atoms with Crippen molar-refractivity contribution >= 4 is 11.9 Å². The van der Waals surface area contributed by atoms with Crippen molar-refractivity contribution in [3.05, 3.63) is 72.8 Å². The van der Waals surface area contributed by atoms with Gasteiger partial charge in [0.1, 0.15) is 11.5 Å². The van der Waals surface area contributed by atoms with E-state index in [0.29, 0.717) is 44.2 Å². The minimum atomic E-state index is -0.399. The van der Waals surface area contributed by atoms with Crippen molar-refractivity contribution in [2.24, 2.45) is 0 Å². The number of carbonyl (C=O) groups is 2. The van der Waals surface area contributed by atoms with E-state index in [9.17, 15) is 9.59 Å². The second-order valence-corrected chi connectivity index (χ2v) is 6.83. The molecule has 31 heavy (non-hydrogen) atoms. The first-order valence-corrected chi connectivity index (χ1v) is 10.6. The summed E-state index contributed by atoms with van der Waals surface area (Å²) in [7, 11) is 0. The van der Waals surface area contributed by atoms with Gasteiger partial charge < -0.3 is 18.9 Å². The van der Waals surface area contributed by atoms with Gasteiger partial charge in [0.2, 0.25) is 0 Å². The van der Waals surface area contributed by atoms with Gasteiger partial charge in [0.05, 0.1) is 18.8 Å². The van der Waals surface area contributed by atoms with Crippen LogP contribution in [0.4, 0.5) is 0 Å². The lowest BCUT2D eigenvalue weighted by atomic mass is 10.2. The van der Waals surface area contributed by atoms with Crippen LogP contribution in [0.5, 0.6) is 11.5 Å². The fourth-order valence-corrected chi connectivity index (χ4v) is 2.69. The zero-order valence-corrected chi connectivity index (χ0v) is 17.8. The number of esters is 2. The quantitative estimate of drug-likeness (QED) is 0.173. The van der Waals surface area contributed by atoms with E-state index in [1.54, 1.807) is 36.4 Å². The lowest BCUT2D eigenvalue weighted by Gasteiger charge is -2.08. The Hall–Kier alpha value is -3.12. The lowest BCUT2D eigenvalue weighted by molar-refractivity contribution is -0.138. The molecule has 0 saturated heterocycles. The van der Waals surface area contributed by atoms with Crippen LogP contribution in [0.2, 0.25) is 0 Å². The van der Waals surface area contributed by atoms with E-state index in [1.165, 1.54) is 0 Å². The Balaban J connectivity index is 1.48. The van der Waals surface area contributed by atoms with Gasteiger partial charge in [0, 0.05) is 25.7 Å². The molecule has 6 nitrogen and oxygen atoms in total. The molecule has 6 heteroatoms. The molecule has 0 spiro atoms. The van der Waals surface area contributed by atoms with Gasteiger partial charge in [0.25, 0.3) is 0 Å². The average molecular weight is 427 g/mol. The van der Waals surface area contributed by atoms with Gasteiger partial charge in [-0.2, -0.15) is 0 Å². The molecule has 0 aliphatic heterocycles. The van der Waals surface area contributed by atoms with Gasteiger partial charge in [-0.05, 0) is 55.7 Å². The highest BCUT2D eigenvalue weighted by Crippen LogP contribution is 2.16. The summed E-state index contributed by atoms with van der Waals surface area (Å²) >= 11 is 0. The van der Waals surface area contributed by atoms with Gasteiger partial charge in [-0.25, -0.2) is 9.59 Å². The Kier molecular flexibility index (Phi) is 11.5. The number of para-hydroxylation sites is 1. The van der Waals surface area contributed by atoms with Crippen molar-refractivity contribution in [3.8, 4) is 11.5 Å². The topological polar surface area (TPSA) is 71.1 Å². The molecule has 2 rings (SSSR count). The number of ether oxygens (including phenoxy) is 4. The molecule has 0 atom stereocenters. The van der Waals surface area contributed by atoms with Crippen molar-refractivity contribution < 1.29 is 28.5 Å². The molecular formula is C25H30O6. The van der Waals surface area contributed by atoms with Crippen molar-refractivity contribution in [1.82, 2.24) is 0 Å². The van der Waals surface area contributed by atoms with Crippen LogP contribution in [-0.4, -0.2) is 38.4 Å². The van der Waals surface area contributed by atoms with Crippen molar-refractivity contribution in [2.75, 3.05) is 26.4 Å². The van der Waals surface area contributed by atoms with Gasteiger partial charge in [-0.15, -0.1) is 0 Å². The van der Waals surface area contributed by atoms with Gasteiger partial charge in [-0.3, -0.25) is 0 Å². The highest BCUT2D eigenvalue weighted by Gasteiger charge is 2.08. The number of hydrogen-bond acceptors (Lipinski definition) is 6. The smallest absolute Gasteiger partial charge is 0.343 e. The number of hydrogen-bond donors (Lipinski definition) is 0. The molecule has 0 radical (unpaired) electrons. The molecule has 0 fully saturated rings. The summed E-state index contributed by atoms with van der Waals surface area (Å²) in [5.74, 6) is 0.463. The summed E-state index contributed by atoms with van der Waals surface area (Å²) in [6.07, 6.45) is 5.92. The predicted octanol–water partition coefficient (Wildman–Crippen LogP) is 4.98. The Morgan fingerprint density at radius 3 is 2.13 bits per heavy atom. The Morgan fingerprint density at radius 1 is 0.742 bits per heavy atom. The van der Waals surface area contributed by atoms with E-state index in [1.807, 2.05) is 18.2 Å². The SMILES string of the molecule is C=CC(=O)OCCCOCCCCCCOc1ccc(C(=O)Oc2ccccc2)cc1. The molecule has 0 aliphatic carbocycles. The monoisotopic (exact) mass is 426 g/mol. The third kappa shape index (κ3) is 10.5. The number of rotatable bonds is 15. The molecule has 166 valence electrons. The first kappa shape index (κ1) is 24.2. The summed E-state index contributed by atoms with van der Waals surface area (Å²) in [6, 6.07) is 16.0. The summed E-state index contributed by atoms with van der Waals surface area (Å²) in [5.41, 5.74) is 0.482. The highest BCUT2D eigenvalue weighted by atomic mass is 16.5. The van der Waals surface area contributed by atoms with Crippen molar-refractivity contribution in [1.29, 1.82) is 0 Å². The summed E-state index contributed by atoms with van der Waals surface area (Å²) < 4.78 is 21.4. The van der Waals surface area contributed by atoms with Gasteiger partial charge in [-0.1, -0.05) is 31.2 Å². The van der Waals surface area contributed by atoms with Crippen LogP contribution in [0.3, 0.4) is 0 Å². The molecule has 0 heterocycles. The van der Waals surface area contributed by atoms with E-state index < -0.39 is 11.9 Å². The average Bonchev–Trinajstić information content (AvgIpc) is 2.80. The molecule has 0 aliphatic rings. The Morgan fingerprint density at radius 2 is 1.42 bits per heavy atom. The second-order valence-electron chi connectivity index (χ2n) is 6.83. The molecule has 2 aromatic rings. The maximum atomic E-state index is 12.1. The maximum Gasteiger partial charge on any atom is 0.343 e. The molecule has 0 N–H and O–H groups in total. The predicted molar refractivity (Wildman–Crippen MR) is 118 cm³/mol. The summed E-state index contributed by atoms with van der Waals surface area (Å²) in [4.78, 5) is 23.0. The molecule has 2 aromatic carbocycles. The normalized spacial score (nSPS) is 10.3. The number of carbonyl (C=O) groups excluding carboxylic acids is 2. The summed E-state index contributed by atoms with van der Waals surface area (Å²) in [5, 5.41) is 0. The summed E-state index contributed by atoms with van der Waals surface area (Å²) in [6.45, 7) is 5.62. The lowest BCUT2D eigenvalue weighted by Crippen LogP contribution is -2.08. The molecule has 0 saturated carbocycles. The minimum Gasteiger partial charge on any atom is -0.494 e. The third-order valence-electron chi connectivity index (χ3n) is 4.34. The molecule has 0 bridgehead atoms. The van der Waals surface area contributed by atoms with E-state index in [-0.39, 0.29) is 0 Å². The van der Waals surface area contributed by atoms with Crippen molar-refractivity contribution in [2.45, 2.75) is 32.1 Å². The molecule has 0 unspecified atom stereocenters. The second kappa shape index (κ2) is 14.8. The molecule has 0 amide bonds.